The molecule has 0 saturated heterocycles. The predicted octanol–water partition coefficient (Wildman–Crippen LogP) is 6.27. The number of anilines is 2. The smallest absolute Gasteiger partial charge is 0.255 e. The molecule has 3 rings (SSSR count). The van der Waals surface area contributed by atoms with Crippen molar-refractivity contribution in [3.63, 3.8) is 0 Å². The summed E-state index contributed by atoms with van der Waals surface area (Å²) in [5.41, 5.74) is 3.21. The minimum Gasteiger partial charge on any atom is -0.326 e. The first kappa shape index (κ1) is 18.5. The number of carbonyl (C=O) groups excluding carboxylic acids is 1. The van der Waals surface area contributed by atoms with Gasteiger partial charge in [-0.3, -0.25) is 4.79 Å². The van der Waals surface area contributed by atoms with Gasteiger partial charge in [-0.2, -0.15) is 0 Å². The van der Waals surface area contributed by atoms with Crippen molar-refractivity contribution in [3.8, 4) is 0 Å². The van der Waals surface area contributed by atoms with Crippen molar-refractivity contribution < 1.29 is 9.18 Å². The predicted molar refractivity (Wildman–Crippen MR) is 109 cm³/mol. The normalized spacial score (nSPS) is 10.4. The first-order chi connectivity index (χ1) is 12.5. The van der Waals surface area contributed by atoms with E-state index >= 15 is 0 Å². The Morgan fingerprint density at radius 3 is 2.27 bits per heavy atom. The molecular formula is C20H16BrFN2OS. The monoisotopic (exact) mass is 430 g/mol. The van der Waals surface area contributed by atoms with Crippen molar-refractivity contribution >= 4 is 45.2 Å². The van der Waals surface area contributed by atoms with Gasteiger partial charge in [-0.05, 0) is 85.1 Å². The maximum atomic E-state index is 12.9. The molecule has 0 aromatic heterocycles. The van der Waals surface area contributed by atoms with Gasteiger partial charge in [0.15, 0.2) is 0 Å². The summed E-state index contributed by atoms with van der Waals surface area (Å²) < 4.78 is 16.9. The van der Waals surface area contributed by atoms with Crippen molar-refractivity contribution in [2.24, 2.45) is 0 Å². The van der Waals surface area contributed by atoms with Crippen LogP contribution in [0.25, 0.3) is 0 Å². The second kappa shape index (κ2) is 8.38. The number of benzene rings is 3. The molecule has 1 amide bonds. The van der Waals surface area contributed by atoms with E-state index < -0.39 is 0 Å². The van der Waals surface area contributed by atoms with Gasteiger partial charge < -0.3 is 10.0 Å². The van der Waals surface area contributed by atoms with Crippen molar-refractivity contribution in [3.05, 3.63) is 88.1 Å². The summed E-state index contributed by atoms with van der Waals surface area (Å²) in [6, 6.07) is 19.2. The zero-order valence-corrected chi connectivity index (χ0v) is 16.3. The average molecular weight is 431 g/mol. The number of hydrogen-bond acceptors (Lipinski definition) is 3. The van der Waals surface area contributed by atoms with Crippen LogP contribution in [0.2, 0.25) is 0 Å². The highest BCUT2D eigenvalue weighted by molar-refractivity contribution is 9.10. The van der Waals surface area contributed by atoms with Gasteiger partial charge in [0.05, 0.1) is 0 Å². The zero-order chi connectivity index (χ0) is 18.5. The van der Waals surface area contributed by atoms with Gasteiger partial charge in [0, 0.05) is 26.3 Å². The molecular weight excluding hydrogens is 415 g/mol. The van der Waals surface area contributed by atoms with Gasteiger partial charge >= 0.3 is 0 Å². The zero-order valence-electron chi connectivity index (χ0n) is 13.9. The molecule has 0 aliphatic heterocycles. The van der Waals surface area contributed by atoms with Gasteiger partial charge in [-0.15, -0.1) is 0 Å². The van der Waals surface area contributed by atoms with E-state index in [1.807, 2.05) is 43.3 Å². The molecule has 26 heavy (non-hydrogen) atoms. The minimum absolute atomic E-state index is 0.157. The SMILES string of the molecule is Cc1ccc(C(=O)Nc2ccc(SNc3ccc(F)cc3)cc2)cc1Br. The van der Waals surface area contributed by atoms with Gasteiger partial charge in [-0.25, -0.2) is 4.39 Å². The van der Waals surface area contributed by atoms with E-state index in [0.29, 0.717) is 5.56 Å². The van der Waals surface area contributed by atoms with E-state index in [2.05, 4.69) is 26.0 Å². The fourth-order valence-corrected chi connectivity index (χ4v) is 3.20. The molecule has 132 valence electrons. The van der Waals surface area contributed by atoms with E-state index in [0.717, 1.165) is 26.3 Å². The third kappa shape index (κ3) is 4.86. The molecule has 0 heterocycles. The lowest BCUT2D eigenvalue weighted by Crippen LogP contribution is -2.11. The highest BCUT2D eigenvalue weighted by atomic mass is 79.9. The molecule has 0 spiro atoms. The maximum Gasteiger partial charge on any atom is 0.255 e. The van der Waals surface area contributed by atoms with Crippen LogP contribution in [0.4, 0.5) is 15.8 Å². The van der Waals surface area contributed by atoms with E-state index in [-0.39, 0.29) is 11.7 Å². The lowest BCUT2D eigenvalue weighted by molar-refractivity contribution is 0.102. The second-order valence-electron chi connectivity index (χ2n) is 5.65. The first-order valence-corrected chi connectivity index (χ1v) is 9.48. The number of aryl methyl sites for hydroxylation is 1. The fraction of sp³-hybridized carbons (Fsp3) is 0.0500. The van der Waals surface area contributed by atoms with Crippen LogP contribution in [0.3, 0.4) is 0 Å². The van der Waals surface area contributed by atoms with Crippen LogP contribution >= 0.6 is 27.9 Å². The Morgan fingerprint density at radius 2 is 1.62 bits per heavy atom. The van der Waals surface area contributed by atoms with E-state index in [1.54, 1.807) is 18.2 Å². The Hall–Kier alpha value is -2.31. The summed E-state index contributed by atoms with van der Waals surface area (Å²) >= 11 is 4.85. The van der Waals surface area contributed by atoms with E-state index in [9.17, 15) is 9.18 Å². The van der Waals surface area contributed by atoms with Crippen molar-refractivity contribution in [2.45, 2.75) is 11.8 Å². The van der Waals surface area contributed by atoms with Crippen LogP contribution in [0.15, 0.2) is 76.1 Å². The number of carbonyl (C=O) groups is 1. The largest absolute Gasteiger partial charge is 0.326 e. The average Bonchev–Trinajstić information content (AvgIpc) is 2.64. The summed E-state index contributed by atoms with van der Waals surface area (Å²) in [4.78, 5) is 13.3. The van der Waals surface area contributed by atoms with E-state index in [4.69, 9.17) is 0 Å². The van der Waals surface area contributed by atoms with Gasteiger partial charge in [0.2, 0.25) is 0 Å². The molecule has 3 aromatic rings. The van der Waals surface area contributed by atoms with Crippen LogP contribution in [-0.4, -0.2) is 5.91 Å². The molecule has 6 heteroatoms. The fourth-order valence-electron chi connectivity index (χ4n) is 2.18. The third-order valence-electron chi connectivity index (χ3n) is 3.68. The standard InChI is InChI=1S/C20H16BrFN2OS/c1-13-2-3-14(12-19(13)21)20(25)23-16-8-10-18(11-9-16)26-24-17-6-4-15(22)5-7-17/h2-12,24H,1H3,(H,23,25). The Morgan fingerprint density at radius 1 is 0.962 bits per heavy atom. The lowest BCUT2D eigenvalue weighted by atomic mass is 10.1. The quantitative estimate of drug-likeness (QED) is 0.468. The third-order valence-corrected chi connectivity index (χ3v) is 5.38. The Balaban J connectivity index is 1.59. The summed E-state index contributed by atoms with van der Waals surface area (Å²) in [7, 11) is 0. The van der Waals surface area contributed by atoms with Crippen LogP contribution in [0, 0.1) is 12.7 Å². The van der Waals surface area contributed by atoms with Crippen LogP contribution < -0.4 is 10.0 Å². The number of hydrogen-bond donors (Lipinski definition) is 2. The molecule has 0 aliphatic carbocycles. The van der Waals surface area contributed by atoms with Crippen LogP contribution in [0.1, 0.15) is 15.9 Å². The topological polar surface area (TPSA) is 41.1 Å². The van der Waals surface area contributed by atoms with Gasteiger partial charge in [-0.1, -0.05) is 22.0 Å². The van der Waals surface area contributed by atoms with Crippen molar-refractivity contribution in [1.29, 1.82) is 0 Å². The molecule has 0 radical (unpaired) electrons. The molecule has 0 atom stereocenters. The van der Waals surface area contributed by atoms with Crippen LogP contribution in [0.5, 0.6) is 0 Å². The Labute approximate surface area is 164 Å². The molecule has 0 saturated carbocycles. The Kier molecular flexibility index (Phi) is 5.96. The summed E-state index contributed by atoms with van der Waals surface area (Å²) in [5.74, 6) is -0.420. The van der Waals surface area contributed by atoms with Gasteiger partial charge in [0.1, 0.15) is 5.82 Å². The van der Waals surface area contributed by atoms with E-state index in [1.165, 1.54) is 24.1 Å². The second-order valence-corrected chi connectivity index (χ2v) is 7.39. The molecule has 2 N–H and O–H groups in total. The summed E-state index contributed by atoms with van der Waals surface area (Å²) in [6.45, 7) is 1.97. The number of halogens is 2. The molecule has 3 aromatic carbocycles. The van der Waals surface area contributed by atoms with Gasteiger partial charge in [0.25, 0.3) is 5.91 Å². The number of rotatable bonds is 5. The van der Waals surface area contributed by atoms with Crippen LogP contribution in [-0.2, 0) is 0 Å². The summed E-state index contributed by atoms with van der Waals surface area (Å²) in [5, 5.41) is 2.88. The maximum absolute atomic E-state index is 12.9. The molecule has 0 aliphatic rings. The highest BCUT2D eigenvalue weighted by Crippen LogP contribution is 2.23. The minimum atomic E-state index is -0.263. The molecule has 3 nitrogen and oxygen atoms in total. The van der Waals surface area contributed by atoms with Crippen molar-refractivity contribution in [2.75, 3.05) is 10.0 Å². The summed E-state index contributed by atoms with van der Waals surface area (Å²) in [6.07, 6.45) is 0. The number of nitrogens with one attached hydrogen (secondary N) is 2. The molecule has 0 unspecified atom stereocenters. The highest BCUT2D eigenvalue weighted by Gasteiger charge is 2.08. The number of amides is 1. The Bertz CT molecular complexity index is 914. The van der Waals surface area contributed by atoms with Crippen molar-refractivity contribution in [1.82, 2.24) is 0 Å². The molecule has 0 fully saturated rings. The first-order valence-electron chi connectivity index (χ1n) is 7.87. The molecule has 0 bridgehead atoms. The lowest BCUT2D eigenvalue weighted by Gasteiger charge is -2.08.